The van der Waals surface area contributed by atoms with Gasteiger partial charge < -0.3 is 10.1 Å². The van der Waals surface area contributed by atoms with Gasteiger partial charge in [0.05, 0.1) is 6.61 Å². The molecule has 84 valence electrons. The molecule has 1 heterocycles. The molecule has 1 aromatic rings. The first-order valence-corrected chi connectivity index (χ1v) is 5.90. The number of pyridine rings is 1. The highest BCUT2D eigenvalue weighted by Crippen LogP contribution is 2.19. The van der Waals surface area contributed by atoms with Crippen molar-refractivity contribution in [2.75, 3.05) is 25.4 Å². The average Bonchev–Trinajstić information content (AvgIpc) is 2.25. The van der Waals surface area contributed by atoms with Crippen molar-refractivity contribution in [3.8, 4) is 5.88 Å². The third kappa shape index (κ3) is 5.25. The van der Waals surface area contributed by atoms with Gasteiger partial charge in [-0.2, -0.15) is 12.6 Å². The lowest BCUT2D eigenvalue weighted by Crippen LogP contribution is -2.19. The van der Waals surface area contributed by atoms with Crippen molar-refractivity contribution in [3.63, 3.8) is 0 Å². The lowest BCUT2D eigenvalue weighted by atomic mass is 10.4. The van der Waals surface area contributed by atoms with Crippen molar-refractivity contribution >= 4 is 24.2 Å². The summed E-state index contributed by atoms with van der Waals surface area (Å²) in [4.78, 5) is 4.03. The topological polar surface area (TPSA) is 34.1 Å². The molecule has 15 heavy (non-hydrogen) atoms. The Bertz CT molecular complexity index is 286. The van der Waals surface area contributed by atoms with Gasteiger partial charge in [-0.15, -0.1) is 0 Å². The van der Waals surface area contributed by atoms with Crippen molar-refractivity contribution in [2.45, 2.75) is 6.42 Å². The summed E-state index contributed by atoms with van der Waals surface area (Å²) in [6, 6.07) is 3.55. The first-order valence-electron chi connectivity index (χ1n) is 4.89. The standard InChI is InChI=1S/C10H15ClN2OS/c11-9-3-1-5-13-10(9)14-7-2-4-12-6-8-15/h1,3,5,12,15H,2,4,6-8H2. The fourth-order valence-corrected chi connectivity index (χ4v) is 1.38. The number of thiol groups is 1. The first-order chi connectivity index (χ1) is 7.34. The van der Waals surface area contributed by atoms with Gasteiger partial charge in [-0.25, -0.2) is 4.98 Å². The van der Waals surface area contributed by atoms with E-state index in [1.807, 2.05) is 0 Å². The summed E-state index contributed by atoms with van der Waals surface area (Å²) in [5.41, 5.74) is 0. The van der Waals surface area contributed by atoms with E-state index >= 15 is 0 Å². The van der Waals surface area contributed by atoms with Crippen LogP contribution in [-0.4, -0.2) is 30.4 Å². The van der Waals surface area contributed by atoms with Gasteiger partial charge in [-0.05, 0) is 25.1 Å². The molecule has 0 fully saturated rings. The maximum absolute atomic E-state index is 5.87. The molecule has 0 spiro atoms. The van der Waals surface area contributed by atoms with Crippen LogP contribution in [-0.2, 0) is 0 Å². The highest BCUT2D eigenvalue weighted by molar-refractivity contribution is 7.80. The monoisotopic (exact) mass is 246 g/mol. The Labute approximate surface area is 101 Å². The van der Waals surface area contributed by atoms with E-state index in [0.29, 0.717) is 17.5 Å². The number of nitrogens with zero attached hydrogens (tertiary/aromatic N) is 1. The van der Waals surface area contributed by atoms with Gasteiger partial charge in [0.15, 0.2) is 0 Å². The van der Waals surface area contributed by atoms with E-state index in [9.17, 15) is 0 Å². The summed E-state index contributed by atoms with van der Waals surface area (Å²) in [7, 11) is 0. The minimum atomic E-state index is 0.508. The molecule has 0 amide bonds. The molecule has 0 atom stereocenters. The van der Waals surface area contributed by atoms with E-state index in [0.717, 1.165) is 25.3 Å². The van der Waals surface area contributed by atoms with E-state index in [2.05, 4.69) is 22.9 Å². The zero-order valence-electron chi connectivity index (χ0n) is 8.45. The zero-order valence-corrected chi connectivity index (χ0v) is 10.1. The normalized spacial score (nSPS) is 10.3. The number of ether oxygens (including phenoxy) is 1. The SMILES string of the molecule is SCCNCCCOc1ncccc1Cl. The van der Waals surface area contributed by atoms with E-state index < -0.39 is 0 Å². The number of halogens is 1. The Hall–Kier alpha value is -0.450. The number of nitrogens with one attached hydrogen (secondary N) is 1. The highest BCUT2D eigenvalue weighted by atomic mass is 35.5. The minimum Gasteiger partial charge on any atom is -0.477 e. The van der Waals surface area contributed by atoms with Gasteiger partial charge in [0, 0.05) is 18.5 Å². The second kappa shape index (κ2) is 7.79. The van der Waals surface area contributed by atoms with Gasteiger partial charge in [0.1, 0.15) is 5.02 Å². The number of hydrogen-bond donors (Lipinski definition) is 2. The molecule has 0 aliphatic carbocycles. The Morgan fingerprint density at radius 1 is 1.47 bits per heavy atom. The van der Waals surface area contributed by atoms with Crippen LogP contribution in [0.4, 0.5) is 0 Å². The van der Waals surface area contributed by atoms with Crippen LogP contribution in [0.3, 0.4) is 0 Å². The minimum absolute atomic E-state index is 0.508. The van der Waals surface area contributed by atoms with Crippen LogP contribution in [0.25, 0.3) is 0 Å². The molecule has 1 N–H and O–H groups in total. The number of aromatic nitrogens is 1. The molecule has 3 nitrogen and oxygen atoms in total. The highest BCUT2D eigenvalue weighted by Gasteiger charge is 2.00. The van der Waals surface area contributed by atoms with Crippen molar-refractivity contribution in [1.29, 1.82) is 0 Å². The lowest BCUT2D eigenvalue weighted by molar-refractivity contribution is 0.297. The van der Waals surface area contributed by atoms with Gasteiger partial charge >= 0.3 is 0 Å². The Morgan fingerprint density at radius 2 is 2.33 bits per heavy atom. The van der Waals surface area contributed by atoms with Crippen LogP contribution < -0.4 is 10.1 Å². The maximum Gasteiger partial charge on any atom is 0.232 e. The third-order valence-electron chi connectivity index (χ3n) is 1.75. The summed E-state index contributed by atoms with van der Waals surface area (Å²) >= 11 is 9.97. The van der Waals surface area contributed by atoms with Crippen LogP contribution in [0.2, 0.25) is 5.02 Å². The zero-order chi connectivity index (χ0) is 10.9. The van der Waals surface area contributed by atoms with Crippen LogP contribution in [0.5, 0.6) is 5.88 Å². The largest absolute Gasteiger partial charge is 0.477 e. The molecule has 0 aliphatic heterocycles. The molecule has 0 aliphatic rings. The molecule has 0 saturated carbocycles. The van der Waals surface area contributed by atoms with Crippen LogP contribution >= 0.6 is 24.2 Å². The second-order valence-corrected chi connectivity index (χ2v) is 3.82. The van der Waals surface area contributed by atoms with Crippen molar-refractivity contribution < 1.29 is 4.74 Å². The average molecular weight is 247 g/mol. The van der Waals surface area contributed by atoms with E-state index in [1.165, 1.54) is 0 Å². The van der Waals surface area contributed by atoms with Gasteiger partial charge in [0.2, 0.25) is 5.88 Å². The van der Waals surface area contributed by atoms with Crippen molar-refractivity contribution in [2.24, 2.45) is 0 Å². The molecule has 0 unspecified atom stereocenters. The lowest BCUT2D eigenvalue weighted by Gasteiger charge is -2.06. The molecular weight excluding hydrogens is 232 g/mol. The van der Waals surface area contributed by atoms with Crippen molar-refractivity contribution in [3.05, 3.63) is 23.4 Å². The smallest absolute Gasteiger partial charge is 0.232 e. The molecule has 1 aromatic heterocycles. The van der Waals surface area contributed by atoms with Crippen LogP contribution in [0.1, 0.15) is 6.42 Å². The molecule has 0 radical (unpaired) electrons. The Morgan fingerprint density at radius 3 is 3.07 bits per heavy atom. The second-order valence-electron chi connectivity index (χ2n) is 2.97. The van der Waals surface area contributed by atoms with Crippen molar-refractivity contribution in [1.82, 2.24) is 10.3 Å². The molecule has 1 rings (SSSR count). The first kappa shape index (κ1) is 12.6. The van der Waals surface area contributed by atoms with E-state index in [-0.39, 0.29) is 0 Å². The molecule has 0 bridgehead atoms. The third-order valence-corrected chi connectivity index (χ3v) is 2.26. The van der Waals surface area contributed by atoms with Crippen LogP contribution in [0.15, 0.2) is 18.3 Å². The maximum atomic E-state index is 5.87. The van der Waals surface area contributed by atoms with Gasteiger partial charge in [-0.3, -0.25) is 0 Å². The molecular formula is C10H15ClN2OS. The fourth-order valence-electron chi connectivity index (χ4n) is 1.05. The summed E-state index contributed by atoms with van der Waals surface area (Å²) in [6.45, 7) is 2.47. The summed E-state index contributed by atoms with van der Waals surface area (Å²) in [6.07, 6.45) is 2.60. The van der Waals surface area contributed by atoms with Gasteiger partial charge in [-0.1, -0.05) is 11.6 Å². The summed E-state index contributed by atoms with van der Waals surface area (Å²) < 4.78 is 5.41. The number of rotatable bonds is 7. The summed E-state index contributed by atoms with van der Waals surface area (Å²) in [5.74, 6) is 1.36. The quantitative estimate of drug-likeness (QED) is 0.571. The fraction of sp³-hybridized carbons (Fsp3) is 0.500. The van der Waals surface area contributed by atoms with Crippen LogP contribution in [0, 0.1) is 0 Å². The molecule has 0 saturated heterocycles. The van der Waals surface area contributed by atoms with E-state index in [1.54, 1.807) is 18.3 Å². The molecule has 0 aromatic carbocycles. The van der Waals surface area contributed by atoms with E-state index in [4.69, 9.17) is 16.3 Å². The summed E-state index contributed by atoms with van der Waals surface area (Å²) in [5, 5.41) is 3.78. The Kier molecular flexibility index (Phi) is 6.55. The van der Waals surface area contributed by atoms with Gasteiger partial charge in [0.25, 0.3) is 0 Å². The predicted octanol–water partition coefficient (Wildman–Crippen LogP) is 2.02. The number of hydrogen-bond acceptors (Lipinski definition) is 4. The Balaban J connectivity index is 2.12. The molecule has 5 heteroatoms. The predicted molar refractivity (Wildman–Crippen MR) is 66.1 cm³/mol.